The topological polar surface area (TPSA) is 65.0 Å². The van der Waals surface area contributed by atoms with Gasteiger partial charge in [0.1, 0.15) is 5.82 Å². The molecule has 1 N–H and O–H groups in total. The lowest BCUT2D eigenvalue weighted by Crippen LogP contribution is -2.38. The van der Waals surface area contributed by atoms with Gasteiger partial charge in [0, 0.05) is 12.7 Å². The standard InChI is InChI=1S/C19H13Cl3F4N4O2/c1-29-15(31)14(28-16(18(20,21)22)27-12-6-3-5-11(23)9-12)30(17(29)32)13-7-2-4-10(8-13)19(24,25)26/h2-9,16,27H,1H3. The van der Waals surface area contributed by atoms with Crippen LogP contribution in [0, 0.1) is 5.82 Å². The number of hydrogen-bond donors (Lipinski definition) is 1. The first-order chi connectivity index (χ1) is 14.8. The number of alkyl halides is 6. The molecular formula is C19H13Cl3F4N4O2. The largest absolute Gasteiger partial charge is 0.416 e. The van der Waals surface area contributed by atoms with Crippen LogP contribution in [-0.2, 0) is 11.0 Å². The summed E-state index contributed by atoms with van der Waals surface area (Å²) >= 11 is 17.9. The fourth-order valence-corrected chi connectivity index (χ4v) is 3.10. The highest BCUT2D eigenvalue weighted by Gasteiger charge is 2.44. The lowest BCUT2D eigenvalue weighted by atomic mass is 10.2. The van der Waals surface area contributed by atoms with Crippen LogP contribution in [0.15, 0.2) is 53.5 Å². The van der Waals surface area contributed by atoms with Crippen LogP contribution in [0.4, 0.5) is 33.7 Å². The Morgan fingerprint density at radius 1 is 1.03 bits per heavy atom. The summed E-state index contributed by atoms with van der Waals surface area (Å²) < 4.78 is 50.7. The molecule has 1 unspecified atom stereocenters. The van der Waals surface area contributed by atoms with E-state index in [1.807, 2.05) is 0 Å². The maximum atomic E-state index is 13.5. The van der Waals surface area contributed by atoms with Gasteiger partial charge < -0.3 is 5.32 Å². The monoisotopic (exact) mass is 510 g/mol. The Balaban J connectivity index is 2.08. The number of amides is 3. The third-order valence-corrected chi connectivity index (χ3v) is 4.93. The van der Waals surface area contributed by atoms with Crippen molar-refractivity contribution in [1.29, 1.82) is 0 Å². The number of carbonyl (C=O) groups is 2. The Morgan fingerprint density at radius 3 is 2.28 bits per heavy atom. The Kier molecular flexibility index (Phi) is 6.60. The van der Waals surface area contributed by atoms with E-state index in [0.717, 1.165) is 25.2 Å². The first-order valence-corrected chi connectivity index (χ1v) is 9.88. The Bertz CT molecular complexity index is 1090. The van der Waals surface area contributed by atoms with Crippen LogP contribution in [0.1, 0.15) is 5.56 Å². The molecule has 170 valence electrons. The number of amidine groups is 1. The molecule has 0 aromatic heterocycles. The normalized spacial score (nSPS) is 17.3. The fourth-order valence-electron chi connectivity index (χ4n) is 2.79. The van der Waals surface area contributed by atoms with E-state index in [-0.39, 0.29) is 11.4 Å². The van der Waals surface area contributed by atoms with Crippen LogP contribution in [-0.4, -0.2) is 39.7 Å². The van der Waals surface area contributed by atoms with Crippen molar-refractivity contribution in [1.82, 2.24) is 4.90 Å². The molecule has 32 heavy (non-hydrogen) atoms. The summed E-state index contributed by atoms with van der Waals surface area (Å²) in [6.45, 7) is 0. The molecule has 1 aliphatic rings. The number of urea groups is 1. The smallest absolute Gasteiger partial charge is 0.360 e. The van der Waals surface area contributed by atoms with Gasteiger partial charge in [-0.05, 0) is 36.4 Å². The maximum Gasteiger partial charge on any atom is 0.416 e. The van der Waals surface area contributed by atoms with E-state index in [0.29, 0.717) is 15.9 Å². The molecule has 3 rings (SSSR count). The molecule has 1 heterocycles. The van der Waals surface area contributed by atoms with Gasteiger partial charge in [-0.3, -0.25) is 9.69 Å². The molecule has 0 spiro atoms. The molecule has 2 aromatic carbocycles. The number of imide groups is 1. The highest BCUT2D eigenvalue weighted by atomic mass is 35.6. The predicted octanol–water partition coefficient (Wildman–Crippen LogP) is 5.45. The van der Waals surface area contributed by atoms with Crippen molar-refractivity contribution >= 4 is 64.0 Å². The number of aliphatic imine (C=N–C) groups is 1. The quantitative estimate of drug-likeness (QED) is 0.337. The first-order valence-electron chi connectivity index (χ1n) is 8.75. The fraction of sp³-hybridized carbons (Fsp3) is 0.211. The molecule has 6 nitrogen and oxygen atoms in total. The Morgan fingerprint density at radius 2 is 1.69 bits per heavy atom. The van der Waals surface area contributed by atoms with Gasteiger partial charge in [-0.1, -0.05) is 46.9 Å². The van der Waals surface area contributed by atoms with Gasteiger partial charge in [-0.15, -0.1) is 0 Å². The maximum absolute atomic E-state index is 13.5. The summed E-state index contributed by atoms with van der Waals surface area (Å²) in [5, 5.41) is 2.63. The summed E-state index contributed by atoms with van der Waals surface area (Å²) in [5.41, 5.74) is -1.17. The highest BCUT2D eigenvalue weighted by molar-refractivity contribution is 6.68. The summed E-state index contributed by atoms with van der Waals surface area (Å²) in [5.74, 6) is -2.13. The van der Waals surface area contributed by atoms with Crippen molar-refractivity contribution in [3.05, 3.63) is 59.9 Å². The van der Waals surface area contributed by atoms with E-state index in [1.54, 1.807) is 0 Å². The summed E-state index contributed by atoms with van der Waals surface area (Å²) in [4.78, 5) is 30.6. The minimum absolute atomic E-state index is 0.140. The van der Waals surface area contributed by atoms with Crippen LogP contribution in [0.25, 0.3) is 0 Å². The van der Waals surface area contributed by atoms with Gasteiger partial charge in [0.05, 0.1) is 11.3 Å². The summed E-state index contributed by atoms with van der Waals surface area (Å²) in [6.07, 6.45) is -6.20. The number of rotatable bonds is 4. The molecule has 1 atom stereocenters. The van der Waals surface area contributed by atoms with E-state index in [4.69, 9.17) is 34.8 Å². The molecule has 1 saturated heterocycles. The van der Waals surface area contributed by atoms with Crippen LogP contribution >= 0.6 is 34.8 Å². The van der Waals surface area contributed by atoms with E-state index in [1.165, 1.54) is 24.3 Å². The zero-order valence-corrected chi connectivity index (χ0v) is 18.3. The average Bonchev–Trinajstić information content (AvgIpc) is 2.90. The predicted molar refractivity (Wildman–Crippen MR) is 114 cm³/mol. The van der Waals surface area contributed by atoms with Gasteiger partial charge in [-0.2, -0.15) is 13.2 Å². The molecule has 3 amide bonds. The van der Waals surface area contributed by atoms with E-state index >= 15 is 0 Å². The number of nitrogens with zero attached hydrogens (tertiary/aromatic N) is 3. The minimum Gasteiger partial charge on any atom is -0.360 e. The van der Waals surface area contributed by atoms with Gasteiger partial charge in [0.25, 0.3) is 5.91 Å². The molecule has 0 saturated carbocycles. The third-order valence-electron chi connectivity index (χ3n) is 4.31. The van der Waals surface area contributed by atoms with Crippen LogP contribution in [0.3, 0.4) is 0 Å². The number of carbonyl (C=O) groups excluding carboxylic acids is 2. The average molecular weight is 512 g/mol. The lowest BCUT2D eigenvalue weighted by Gasteiger charge is -2.24. The van der Waals surface area contributed by atoms with Gasteiger partial charge in [0.2, 0.25) is 9.63 Å². The SMILES string of the molecule is CN1C(=O)C(=NC(Nc2cccc(F)c2)C(Cl)(Cl)Cl)N(c2cccc(C(F)(F)F)c2)C1=O. The number of halogens is 7. The number of hydrogen-bond acceptors (Lipinski definition) is 4. The van der Waals surface area contributed by atoms with E-state index in [9.17, 15) is 27.2 Å². The Labute approximate surface area is 194 Å². The molecule has 1 fully saturated rings. The second kappa shape index (κ2) is 8.76. The zero-order chi connectivity index (χ0) is 23.8. The van der Waals surface area contributed by atoms with Crippen molar-refractivity contribution in [3.63, 3.8) is 0 Å². The number of nitrogens with one attached hydrogen (secondary N) is 1. The van der Waals surface area contributed by atoms with Crippen LogP contribution < -0.4 is 10.2 Å². The van der Waals surface area contributed by atoms with Gasteiger partial charge in [-0.25, -0.2) is 19.1 Å². The summed E-state index contributed by atoms with van der Waals surface area (Å²) in [6, 6.07) is 7.85. The highest BCUT2D eigenvalue weighted by Crippen LogP contribution is 2.36. The second-order valence-corrected chi connectivity index (χ2v) is 8.95. The van der Waals surface area contributed by atoms with Crippen molar-refractivity contribution in [2.24, 2.45) is 4.99 Å². The van der Waals surface area contributed by atoms with Crippen LogP contribution in [0.5, 0.6) is 0 Å². The number of benzene rings is 2. The van der Waals surface area contributed by atoms with Crippen molar-refractivity contribution < 1.29 is 27.2 Å². The molecule has 1 aliphatic heterocycles. The van der Waals surface area contributed by atoms with Crippen molar-refractivity contribution in [2.75, 3.05) is 17.3 Å². The van der Waals surface area contributed by atoms with Crippen molar-refractivity contribution in [2.45, 2.75) is 16.1 Å². The molecule has 0 bridgehead atoms. The third kappa shape index (κ3) is 5.08. The molecular weight excluding hydrogens is 499 g/mol. The minimum atomic E-state index is -4.69. The molecule has 0 aliphatic carbocycles. The Hall–Kier alpha value is -2.56. The second-order valence-electron chi connectivity index (χ2n) is 6.58. The summed E-state index contributed by atoms with van der Waals surface area (Å²) in [7, 11) is 1.12. The zero-order valence-electron chi connectivity index (χ0n) is 16.0. The van der Waals surface area contributed by atoms with Gasteiger partial charge >= 0.3 is 12.2 Å². The number of likely N-dealkylation sites (N-methyl/N-ethyl adjacent to an activating group) is 1. The lowest BCUT2D eigenvalue weighted by molar-refractivity contribution is -0.137. The van der Waals surface area contributed by atoms with E-state index in [2.05, 4.69) is 10.3 Å². The van der Waals surface area contributed by atoms with Gasteiger partial charge in [0.15, 0.2) is 6.17 Å². The molecule has 2 aromatic rings. The van der Waals surface area contributed by atoms with Crippen molar-refractivity contribution in [3.8, 4) is 0 Å². The first kappa shape index (κ1) is 24.1. The van der Waals surface area contributed by atoms with E-state index < -0.39 is 45.3 Å². The molecule has 13 heteroatoms. The van der Waals surface area contributed by atoms with Crippen LogP contribution in [0.2, 0.25) is 0 Å². The molecule has 0 radical (unpaired) electrons. The number of anilines is 2.